The van der Waals surface area contributed by atoms with Crippen molar-refractivity contribution >= 4 is 11.7 Å². The molecule has 0 fully saturated rings. The van der Waals surface area contributed by atoms with Gasteiger partial charge in [-0.25, -0.2) is 0 Å². The molecule has 80 valence electrons. The number of benzene rings is 1. The first-order valence-electron chi connectivity index (χ1n) is 3.89. The van der Waals surface area contributed by atoms with Gasteiger partial charge in [-0.15, -0.1) is 0 Å². The van der Waals surface area contributed by atoms with Gasteiger partial charge in [0.15, 0.2) is 0 Å². The van der Waals surface area contributed by atoms with Crippen molar-refractivity contribution in [3.05, 3.63) is 33.9 Å². The van der Waals surface area contributed by atoms with E-state index in [1.54, 1.807) is 0 Å². The Bertz CT molecular complexity index is 417. The van der Waals surface area contributed by atoms with Crippen LogP contribution in [0.5, 0.6) is 5.75 Å². The van der Waals surface area contributed by atoms with Crippen LogP contribution < -0.4 is 5.73 Å². The number of hydrogen-bond acceptors (Lipinski definition) is 5. The molecule has 1 rings (SSSR count). The highest BCUT2D eigenvalue weighted by Gasteiger charge is 2.24. The normalized spacial score (nSPS) is 12.1. The summed E-state index contributed by atoms with van der Waals surface area (Å²) in [6.07, 6.45) is 0. The third-order valence-corrected chi connectivity index (χ3v) is 1.81. The highest BCUT2D eigenvalue weighted by molar-refractivity contribution is 5.77. The summed E-state index contributed by atoms with van der Waals surface area (Å²) < 4.78 is 0. The van der Waals surface area contributed by atoms with E-state index >= 15 is 0 Å². The number of aromatic hydroxyl groups is 1. The molecule has 7 heteroatoms. The van der Waals surface area contributed by atoms with E-state index < -0.39 is 22.6 Å². The lowest BCUT2D eigenvalue weighted by atomic mass is 10.1. The summed E-state index contributed by atoms with van der Waals surface area (Å²) >= 11 is 0. The van der Waals surface area contributed by atoms with Gasteiger partial charge in [0.2, 0.25) is 0 Å². The van der Waals surface area contributed by atoms with Gasteiger partial charge in [-0.2, -0.15) is 0 Å². The quantitative estimate of drug-likeness (QED) is 0.491. The fourth-order valence-corrected chi connectivity index (χ4v) is 1.09. The van der Waals surface area contributed by atoms with Crippen molar-refractivity contribution in [2.45, 2.75) is 6.04 Å². The number of carboxylic acid groups (broad SMARTS) is 1. The highest BCUT2D eigenvalue weighted by Crippen LogP contribution is 2.27. The van der Waals surface area contributed by atoms with E-state index in [2.05, 4.69) is 0 Å². The van der Waals surface area contributed by atoms with Crippen molar-refractivity contribution in [3.8, 4) is 5.75 Å². The number of carbonyl (C=O) groups is 1. The number of nitro groups is 1. The second-order valence-corrected chi connectivity index (χ2v) is 2.82. The number of rotatable bonds is 3. The minimum Gasteiger partial charge on any atom is -0.508 e. The number of nitrogens with two attached hydrogens (primary N) is 1. The van der Waals surface area contributed by atoms with Gasteiger partial charge in [0.05, 0.1) is 10.5 Å². The molecular weight excluding hydrogens is 204 g/mol. The smallest absolute Gasteiger partial charge is 0.325 e. The van der Waals surface area contributed by atoms with E-state index in [9.17, 15) is 14.9 Å². The van der Waals surface area contributed by atoms with Crippen LogP contribution in [-0.2, 0) is 4.79 Å². The summed E-state index contributed by atoms with van der Waals surface area (Å²) in [5.74, 6) is -1.67. The van der Waals surface area contributed by atoms with Gasteiger partial charge in [-0.05, 0) is 12.1 Å². The topological polar surface area (TPSA) is 127 Å². The van der Waals surface area contributed by atoms with Crippen LogP contribution in [0, 0.1) is 10.1 Å². The average Bonchev–Trinajstić information content (AvgIpc) is 2.15. The molecule has 7 nitrogen and oxygen atoms in total. The van der Waals surface area contributed by atoms with Gasteiger partial charge < -0.3 is 15.9 Å². The SMILES string of the molecule is N[C@@H](C(=O)O)c1cc(O)ccc1[N+](=O)[O-]. The first-order chi connectivity index (χ1) is 6.93. The molecule has 0 spiro atoms. The molecule has 0 aromatic heterocycles. The van der Waals surface area contributed by atoms with E-state index in [0.29, 0.717) is 0 Å². The molecule has 0 saturated heterocycles. The zero-order valence-corrected chi connectivity index (χ0v) is 7.45. The van der Waals surface area contributed by atoms with E-state index in [1.807, 2.05) is 0 Å². The second kappa shape index (κ2) is 3.93. The first kappa shape index (κ1) is 10.9. The van der Waals surface area contributed by atoms with Gasteiger partial charge in [0.1, 0.15) is 11.8 Å². The third-order valence-electron chi connectivity index (χ3n) is 1.81. The van der Waals surface area contributed by atoms with E-state index in [0.717, 1.165) is 18.2 Å². The van der Waals surface area contributed by atoms with Gasteiger partial charge >= 0.3 is 5.97 Å². The zero-order valence-electron chi connectivity index (χ0n) is 7.45. The minimum atomic E-state index is -1.53. The molecule has 1 aromatic rings. The first-order valence-corrected chi connectivity index (χ1v) is 3.89. The lowest BCUT2D eigenvalue weighted by Gasteiger charge is -2.07. The Morgan fingerprint density at radius 2 is 2.13 bits per heavy atom. The van der Waals surface area contributed by atoms with Crippen molar-refractivity contribution in [2.75, 3.05) is 0 Å². The van der Waals surface area contributed by atoms with Gasteiger partial charge in [0.25, 0.3) is 5.69 Å². The molecule has 0 aliphatic heterocycles. The van der Waals surface area contributed by atoms with Gasteiger partial charge in [-0.3, -0.25) is 14.9 Å². The number of nitro benzene ring substituents is 1. The maximum absolute atomic E-state index is 10.6. The van der Waals surface area contributed by atoms with E-state index in [4.69, 9.17) is 15.9 Å². The minimum absolute atomic E-state index is 0.229. The van der Waals surface area contributed by atoms with Crippen LogP contribution >= 0.6 is 0 Å². The molecule has 0 aliphatic rings. The van der Waals surface area contributed by atoms with Crippen molar-refractivity contribution in [1.29, 1.82) is 0 Å². The van der Waals surface area contributed by atoms with Crippen LogP contribution in [0.2, 0.25) is 0 Å². The van der Waals surface area contributed by atoms with E-state index in [-0.39, 0.29) is 11.3 Å². The number of phenolic OH excluding ortho intramolecular Hbond substituents is 1. The Balaban J connectivity index is 3.30. The van der Waals surface area contributed by atoms with Crippen LogP contribution in [0.4, 0.5) is 5.69 Å². The summed E-state index contributed by atoms with van der Waals surface area (Å²) in [4.78, 5) is 20.3. The Labute approximate surface area is 83.9 Å². The van der Waals surface area contributed by atoms with Crippen LogP contribution in [0.1, 0.15) is 11.6 Å². The Kier molecular flexibility index (Phi) is 2.86. The molecule has 1 aromatic carbocycles. The van der Waals surface area contributed by atoms with Crippen molar-refractivity contribution < 1.29 is 19.9 Å². The third kappa shape index (κ3) is 2.20. The highest BCUT2D eigenvalue weighted by atomic mass is 16.6. The molecule has 0 heterocycles. The molecule has 4 N–H and O–H groups in total. The van der Waals surface area contributed by atoms with Crippen LogP contribution in [0.15, 0.2) is 18.2 Å². The van der Waals surface area contributed by atoms with Crippen LogP contribution in [0.3, 0.4) is 0 Å². The van der Waals surface area contributed by atoms with E-state index in [1.165, 1.54) is 0 Å². The summed E-state index contributed by atoms with van der Waals surface area (Å²) in [6, 6.07) is 1.54. The van der Waals surface area contributed by atoms with Gasteiger partial charge in [-0.1, -0.05) is 0 Å². The second-order valence-electron chi connectivity index (χ2n) is 2.82. The lowest BCUT2D eigenvalue weighted by molar-refractivity contribution is -0.385. The fourth-order valence-electron chi connectivity index (χ4n) is 1.09. The zero-order chi connectivity index (χ0) is 11.6. The standard InChI is InChI=1S/C8H8N2O5/c9-7(8(12)13)5-3-4(11)1-2-6(5)10(14)15/h1-3,7,11H,9H2,(H,12,13)/t7-/m1/s1. The number of nitrogens with zero attached hydrogens (tertiary/aromatic N) is 1. The molecular formula is C8H8N2O5. The fraction of sp³-hybridized carbons (Fsp3) is 0.125. The van der Waals surface area contributed by atoms with Crippen LogP contribution in [-0.4, -0.2) is 21.1 Å². The molecule has 0 amide bonds. The number of phenols is 1. The summed E-state index contributed by atoms with van der Waals surface area (Å²) in [5, 5.41) is 28.2. The monoisotopic (exact) mass is 212 g/mol. The summed E-state index contributed by atoms with van der Waals surface area (Å²) in [5.41, 5.74) is 4.57. The number of aliphatic carboxylic acids is 1. The Morgan fingerprint density at radius 1 is 1.53 bits per heavy atom. The molecule has 0 unspecified atom stereocenters. The Morgan fingerprint density at radius 3 is 2.60 bits per heavy atom. The average molecular weight is 212 g/mol. The van der Waals surface area contributed by atoms with Crippen LogP contribution in [0.25, 0.3) is 0 Å². The van der Waals surface area contributed by atoms with Gasteiger partial charge in [0, 0.05) is 6.07 Å². The maximum Gasteiger partial charge on any atom is 0.325 e. The predicted octanol–water partition coefficient (Wildman–Crippen LogP) is 0.385. The summed E-state index contributed by atoms with van der Waals surface area (Å²) in [6.45, 7) is 0. The molecule has 0 saturated carbocycles. The van der Waals surface area contributed by atoms with Crippen molar-refractivity contribution in [3.63, 3.8) is 0 Å². The predicted molar refractivity (Wildman–Crippen MR) is 49.3 cm³/mol. The lowest BCUT2D eigenvalue weighted by Crippen LogP contribution is -2.21. The molecule has 0 radical (unpaired) electrons. The molecule has 1 atom stereocenters. The number of hydrogen-bond donors (Lipinski definition) is 3. The molecule has 0 aliphatic carbocycles. The Hall–Kier alpha value is -2.15. The molecule has 15 heavy (non-hydrogen) atoms. The maximum atomic E-state index is 10.6. The number of carboxylic acids is 1. The summed E-state index contributed by atoms with van der Waals surface area (Å²) in [7, 11) is 0. The van der Waals surface area contributed by atoms with Crippen molar-refractivity contribution in [2.24, 2.45) is 5.73 Å². The molecule has 0 bridgehead atoms. The largest absolute Gasteiger partial charge is 0.508 e. The van der Waals surface area contributed by atoms with Crippen molar-refractivity contribution in [1.82, 2.24) is 0 Å².